The fourth-order valence-corrected chi connectivity index (χ4v) is 2.09. The Bertz CT molecular complexity index is 637. The Kier molecular flexibility index (Phi) is 7.93. The summed E-state index contributed by atoms with van der Waals surface area (Å²) in [6.07, 6.45) is 0.621. The number of rotatable bonds is 9. The van der Waals surface area contributed by atoms with Crippen LogP contribution in [0.4, 0.5) is 0 Å². The lowest BCUT2D eigenvalue weighted by molar-refractivity contribution is -0.149. The van der Waals surface area contributed by atoms with Crippen molar-refractivity contribution in [1.82, 2.24) is 5.32 Å². The summed E-state index contributed by atoms with van der Waals surface area (Å²) >= 11 is 0. The molecule has 6 nitrogen and oxygen atoms in total. The van der Waals surface area contributed by atoms with Crippen LogP contribution in [-0.4, -0.2) is 30.6 Å². The first-order valence-corrected chi connectivity index (χ1v) is 8.41. The van der Waals surface area contributed by atoms with Crippen molar-refractivity contribution in [2.45, 2.75) is 46.1 Å². The van der Waals surface area contributed by atoms with Crippen LogP contribution in [-0.2, 0) is 20.7 Å². The number of carbonyl (C=O) groups is 2. The lowest BCUT2D eigenvalue weighted by Gasteiger charge is -2.27. The van der Waals surface area contributed by atoms with Crippen LogP contribution in [0.15, 0.2) is 24.3 Å². The fourth-order valence-electron chi connectivity index (χ4n) is 2.09. The highest BCUT2D eigenvalue weighted by Crippen LogP contribution is 2.19. The standard InChI is InChI=1S/C19H26N2O4/c1-5-24-16-9-7-6-8-15(16)10-11-18(23)25-12-17(22)21-19(4,13-20)14(2)3/h6-9,14H,5,10-12H2,1-4H3,(H,21,22)/t19-/m0/s1. The van der Waals surface area contributed by atoms with Gasteiger partial charge in [-0.05, 0) is 37.8 Å². The molecule has 0 aromatic heterocycles. The molecular formula is C19H26N2O4. The third-order valence-corrected chi connectivity index (χ3v) is 4.02. The number of nitriles is 1. The second-order valence-corrected chi connectivity index (χ2v) is 6.22. The molecule has 0 heterocycles. The van der Waals surface area contributed by atoms with Gasteiger partial charge in [0.15, 0.2) is 6.61 Å². The van der Waals surface area contributed by atoms with Crippen LogP contribution in [0, 0.1) is 17.2 Å². The maximum Gasteiger partial charge on any atom is 0.306 e. The zero-order valence-corrected chi connectivity index (χ0v) is 15.3. The molecule has 0 aliphatic heterocycles. The van der Waals surface area contributed by atoms with Crippen LogP contribution in [0.2, 0.25) is 0 Å². The molecule has 0 spiro atoms. The van der Waals surface area contributed by atoms with Crippen LogP contribution in [0.25, 0.3) is 0 Å². The van der Waals surface area contributed by atoms with Crippen molar-refractivity contribution in [2.24, 2.45) is 5.92 Å². The van der Waals surface area contributed by atoms with Crippen LogP contribution in [0.1, 0.15) is 39.7 Å². The Balaban J connectivity index is 2.46. The number of amides is 1. The van der Waals surface area contributed by atoms with Gasteiger partial charge in [0.25, 0.3) is 5.91 Å². The van der Waals surface area contributed by atoms with Crippen LogP contribution in [0.5, 0.6) is 5.75 Å². The molecule has 6 heteroatoms. The summed E-state index contributed by atoms with van der Waals surface area (Å²) in [6.45, 7) is 7.37. The zero-order valence-electron chi connectivity index (χ0n) is 15.3. The van der Waals surface area contributed by atoms with Gasteiger partial charge in [-0.2, -0.15) is 5.26 Å². The maximum absolute atomic E-state index is 11.9. The van der Waals surface area contributed by atoms with E-state index >= 15 is 0 Å². The predicted octanol–water partition coefficient (Wildman–Crippen LogP) is 2.62. The lowest BCUT2D eigenvalue weighted by Crippen LogP contribution is -2.50. The van der Waals surface area contributed by atoms with Gasteiger partial charge in [-0.1, -0.05) is 32.0 Å². The minimum Gasteiger partial charge on any atom is -0.494 e. The van der Waals surface area contributed by atoms with E-state index in [1.165, 1.54) is 0 Å². The van der Waals surface area contributed by atoms with Crippen molar-refractivity contribution < 1.29 is 19.1 Å². The Hall–Kier alpha value is -2.55. The van der Waals surface area contributed by atoms with E-state index in [0.29, 0.717) is 13.0 Å². The van der Waals surface area contributed by atoms with E-state index in [2.05, 4.69) is 11.4 Å². The minimum absolute atomic E-state index is 0.0628. The molecule has 0 aliphatic carbocycles. The van der Waals surface area contributed by atoms with E-state index in [-0.39, 0.29) is 12.3 Å². The average molecular weight is 346 g/mol. The predicted molar refractivity (Wildman–Crippen MR) is 93.9 cm³/mol. The van der Waals surface area contributed by atoms with Crippen LogP contribution in [0.3, 0.4) is 0 Å². The number of carbonyl (C=O) groups excluding carboxylic acids is 2. The Labute approximate surface area is 149 Å². The summed E-state index contributed by atoms with van der Waals surface area (Å²) < 4.78 is 10.5. The molecule has 1 aromatic rings. The van der Waals surface area contributed by atoms with E-state index in [0.717, 1.165) is 11.3 Å². The molecule has 0 fully saturated rings. The average Bonchev–Trinajstić information content (AvgIpc) is 2.59. The number of nitrogens with one attached hydrogen (secondary N) is 1. The summed E-state index contributed by atoms with van der Waals surface area (Å²) in [4.78, 5) is 23.7. The summed E-state index contributed by atoms with van der Waals surface area (Å²) in [5, 5.41) is 11.8. The van der Waals surface area contributed by atoms with Crippen molar-refractivity contribution in [2.75, 3.05) is 13.2 Å². The monoisotopic (exact) mass is 346 g/mol. The molecule has 1 atom stereocenters. The molecule has 25 heavy (non-hydrogen) atoms. The molecular weight excluding hydrogens is 320 g/mol. The minimum atomic E-state index is -0.986. The highest BCUT2D eigenvalue weighted by Gasteiger charge is 2.30. The van der Waals surface area contributed by atoms with Gasteiger partial charge in [0, 0.05) is 6.42 Å². The van der Waals surface area contributed by atoms with Gasteiger partial charge in [-0.3, -0.25) is 9.59 Å². The molecule has 1 aromatic carbocycles. The van der Waals surface area contributed by atoms with Crippen molar-refractivity contribution in [3.8, 4) is 11.8 Å². The topological polar surface area (TPSA) is 88.4 Å². The number of ether oxygens (including phenoxy) is 2. The number of benzene rings is 1. The van der Waals surface area contributed by atoms with E-state index < -0.39 is 24.0 Å². The summed E-state index contributed by atoms with van der Waals surface area (Å²) in [7, 11) is 0. The van der Waals surface area contributed by atoms with E-state index in [4.69, 9.17) is 9.47 Å². The molecule has 1 rings (SSSR count). The Morgan fingerprint density at radius 3 is 2.60 bits per heavy atom. The SMILES string of the molecule is CCOc1ccccc1CCC(=O)OCC(=O)N[C@@](C)(C#N)C(C)C. The molecule has 0 saturated carbocycles. The number of para-hydroxylation sites is 1. The lowest BCUT2D eigenvalue weighted by atomic mass is 9.90. The van der Waals surface area contributed by atoms with E-state index in [1.54, 1.807) is 6.92 Å². The first kappa shape index (κ1) is 20.5. The molecule has 136 valence electrons. The second-order valence-electron chi connectivity index (χ2n) is 6.22. The summed E-state index contributed by atoms with van der Waals surface area (Å²) in [5.74, 6) is -0.269. The van der Waals surface area contributed by atoms with Crippen LogP contribution >= 0.6 is 0 Å². The zero-order chi connectivity index (χ0) is 18.9. The first-order valence-electron chi connectivity index (χ1n) is 8.41. The van der Waals surface area contributed by atoms with Gasteiger partial charge < -0.3 is 14.8 Å². The number of nitrogens with zero attached hydrogens (tertiary/aromatic N) is 1. The molecule has 0 saturated heterocycles. The third kappa shape index (κ3) is 6.46. The summed E-state index contributed by atoms with van der Waals surface area (Å²) in [5.41, 5.74) is -0.0671. The van der Waals surface area contributed by atoms with Crippen molar-refractivity contribution >= 4 is 11.9 Å². The van der Waals surface area contributed by atoms with Gasteiger partial charge in [0.2, 0.25) is 0 Å². The largest absolute Gasteiger partial charge is 0.494 e. The van der Waals surface area contributed by atoms with Gasteiger partial charge in [-0.25, -0.2) is 0 Å². The maximum atomic E-state index is 11.9. The quantitative estimate of drug-likeness (QED) is 0.694. The molecule has 0 bridgehead atoms. The van der Waals surface area contributed by atoms with E-state index in [1.807, 2.05) is 45.0 Å². The molecule has 1 N–H and O–H groups in total. The molecule has 0 aliphatic rings. The normalized spacial score (nSPS) is 12.8. The Morgan fingerprint density at radius 1 is 1.32 bits per heavy atom. The molecule has 1 amide bonds. The van der Waals surface area contributed by atoms with Gasteiger partial charge in [0.1, 0.15) is 11.3 Å². The highest BCUT2D eigenvalue weighted by molar-refractivity contribution is 5.81. The first-order chi connectivity index (χ1) is 11.8. The van der Waals surface area contributed by atoms with Crippen molar-refractivity contribution in [3.05, 3.63) is 29.8 Å². The highest BCUT2D eigenvalue weighted by atomic mass is 16.5. The third-order valence-electron chi connectivity index (χ3n) is 4.02. The van der Waals surface area contributed by atoms with Crippen molar-refractivity contribution in [1.29, 1.82) is 5.26 Å². The van der Waals surface area contributed by atoms with Crippen molar-refractivity contribution in [3.63, 3.8) is 0 Å². The fraction of sp³-hybridized carbons (Fsp3) is 0.526. The Morgan fingerprint density at radius 2 is 2.00 bits per heavy atom. The van der Waals surface area contributed by atoms with Crippen LogP contribution < -0.4 is 10.1 Å². The van der Waals surface area contributed by atoms with E-state index in [9.17, 15) is 14.9 Å². The number of hydrogen-bond donors (Lipinski definition) is 1. The number of aryl methyl sites for hydroxylation is 1. The summed E-state index contributed by atoms with van der Waals surface area (Å²) in [6, 6.07) is 9.58. The second kappa shape index (κ2) is 9.67. The van der Waals surface area contributed by atoms with Gasteiger partial charge in [0.05, 0.1) is 12.7 Å². The smallest absolute Gasteiger partial charge is 0.306 e. The van der Waals surface area contributed by atoms with Gasteiger partial charge in [-0.15, -0.1) is 0 Å². The number of esters is 1. The molecule has 0 radical (unpaired) electrons. The molecule has 0 unspecified atom stereocenters. The van der Waals surface area contributed by atoms with Gasteiger partial charge >= 0.3 is 5.97 Å². The number of hydrogen-bond acceptors (Lipinski definition) is 5.